The molecule has 3 rings (SSSR count). The lowest BCUT2D eigenvalue weighted by Gasteiger charge is -2.31. The molecule has 2 aliphatic heterocycles. The van der Waals surface area contributed by atoms with Crippen molar-refractivity contribution in [2.45, 2.75) is 26.2 Å². The molecule has 0 aromatic heterocycles. The number of piperazine rings is 1. The monoisotopic (exact) mass is 372 g/mol. The van der Waals surface area contributed by atoms with E-state index in [1.165, 1.54) is 12.8 Å². The third kappa shape index (κ3) is 5.78. The Bertz CT molecular complexity index is 637. The Hall–Kier alpha value is -1.92. The zero-order valence-electron chi connectivity index (χ0n) is 16.5. The van der Waals surface area contributed by atoms with E-state index in [1.807, 2.05) is 36.1 Å². The standard InChI is InChI=1S/C21H32N4O2/c1-18-6-4-7-19(16-18)21(27)25(13-5-12-23-10-2-3-11-23)17-20(26)24-14-8-22-9-15-24/h4,6-7,16,22H,2-3,5,8-15,17H2,1H3. The van der Waals surface area contributed by atoms with Gasteiger partial charge in [-0.25, -0.2) is 0 Å². The maximum absolute atomic E-state index is 13.1. The summed E-state index contributed by atoms with van der Waals surface area (Å²) in [5, 5.41) is 3.26. The van der Waals surface area contributed by atoms with Crippen molar-refractivity contribution in [3.63, 3.8) is 0 Å². The number of carbonyl (C=O) groups excluding carboxylic acids is 2. The van der Waals surface area contributed by atoms with Gasteiger partial charge in [0.05, 0.1) is 0 Å². The Morgan fingerprint density at radius 2 is 1.85 bits per heavy atom. The van der Waals surface area contributed by atoms with Gasteiger partial charge in [0, 0.05) is 38.3 Å². The first-order valence-corrected chi connectivity index (χ1v) is 10.2. The van der Waals surface area contributed by atoms with Gasteiger partial charge in [0.25, 0.3) is 5.91 Å². The molecule has 2 amide bonds. The van der Waals surface area contributed by atoms with Crippen molar-refractivity contribution in [2.75, 3.05) is 58.9 Å². The predicted octanol–water partition coefficient (Wildman–Crippen LogP) is 1.35. The Labute approximate surface area is 162 Å². The second-order valence-electron chi connectivity index (χ2n) is 7.63. The number of nitrogens with zero attached hydrogens (tertiary/aromatic N) is 3. The van der Waals surface area contributed by atoms with Crippen molar-refractivity contribution in [3.8, 4) is 0 Å². The minimum absolute atomic E-state index is 0.0383. The Morgan fingerprint density at radius 1 is 1.11 bits per heavy atom. The van der Waals surface area contributed by atoms with Crippen molar-refractivity contribution >= 4 is 11.8 Å². The molecule has 148 valence electrons. The molecular weight excluding hydrogens is 340 g/mol. The first kappa shape index (κ1) is 19.8. The van der Waals surface area contributed by atoms with Crippen molar-refractivity contribution in [3.05, 3.63) is 35.4 Å². The minimum atomic E-state index is -0.0383. The van der Waals surface area contributed by atoms with Gasteiger partial charge < -0.3 is 20.0 Å². The Kier molecular flexibility index (Phi) is 7.24. The van der Waals surface area contributed by atoms with E-state index in [4.69, 9.17) is 0 Å². The molecular formula is C21H32N4O2. The van der Waals surface area contributed by atoms with Crippen LogP contribution in [0.3, 0.4) is 0 Å². The molecule has 0 atom stereocenters. The van der Waals surface area contributed by atoms with E-state index in [2.05, 4.69) is 10.2 Å². The van der Waals surface area contributed by atoms with Crippen LogP contribution in [0.15, 0.2) is 24.3 Å². The lowest BCUT2D eigenvalue weighted by molar-refractivity contribution is -0.132. The van der Waals surface area contributed by atoms with E-state index in [0.29, 0.717) is 12.1 Å². The van der Waals surface area contributed by atoms with E-state index < -0.39 is 0 Å². The van der Waals surface area contributed by atoms with Crippen LogP contribution < -0.4 is 5.32 Å². The minimum Gasteiger partial charge on any atom is -0.339 e. The second kappa shape index (κ2) is 9.85. The number of hydrogen-bond acceptors (Lipinski definition) is 4. The summed E-state index contributed by atoms with van der Waals surface area (Å²) in [4.78, 5) is 31.9. The highest BCUT2D eigenvalue weighted by molar-refractivity contribution is 5.96. The molecule has 6 nitrogen and oxygen atoms in total. The van der Waals surface area contributed by atoms with Crippen LogP contribution in [0.4, 0.5) is 0 Å². The van der Waals surface area contributed by atoms with Gasteiger partial charge in [-0.2, -0.15) is 0 Å². The lowest BCUT2D eigenvalue weighted by Crippen LogP contribution is -2.50. The fraction of sp³-hybridized carbons (Fsp3) is 0.619. The number of carbonyl (C=O) groups is 2. The highest BCUT2D eigenvalue weighted by atomic mass is 16.2. The van der Waals surface area contributed by atoms with Gasteiger partial charge in [0.1, 0.15) is 6.54 Å². The molecule has 0 bridgehead atoms. The second-order valence-corrected chi connectivity index (χ2v) is 7.63. The number of aryl methyl sites for hydroxylation is 1. The zero-order valence-corrected chi connectivity index (χ0v) is 16.5. The highest BCUT2D eigenvalue weighted by Gasteiger charge is 2.23. The molecule has 2 fully saturated rings. The Morgan fingerprint density at radius 3 is 2.56 bits per heavy atom. The molecule has 27 heavy (non-hydrogen) atoms. The van der Waals surface area contributed by atoms with Crippen LogP contribution in [0.5, 0.6) is 0 Å². The number of hydrogen-bond donors (Lipinski definition) is 1. The smallest absolute Gasteiger partial charge is 0.254 e. The molecule has 1 aromatic carbocycles. The molecule has 0 unspecified atom stereocenters. The quantitative estimate of drug-likeness (QED) is 0.785. The first-order valence-electron chi connectivity index (χ1n) is 10.2. The van der Waals surface area contributed by atoms with E-state index in [-0.39, 0.29) is 18.4 Å². The SMILES string of the molecule is Cc1cccc(C(=O)N(CCCN2CCCC2)CC(=O)N2CCNCC2)c1. The molecule has 6 heteroatoms. The summed E-state index contributed by atoms with van der Waals surface area (Å²) in [6, 6.07) is 7.65. The van der Waals surface area contributed by atoms with Crippen molar-refractivity contribution in [1.82, 2.24) is 20.0 Å². The molecule has 0 aliphatic carbocycles. The molecule has 2 aliphatic rings. The van der Waals surface area contributed by atoms with Crippen LogP contribution in [0.25, 0.3) is 0 Å². The molecule has 0 radical (unpaired) electrons. The summed E-state index contributed by atoms with van der Waals surface area (Å²) in [5.41, 5.74) is 1.73. The van der Waals surface area contributed by atoms with Crippen LogP contribution in [-0.2, 0) is 4.79 Å². The van der Waals surface area contributed by atoms with E-state index >= 15 is 0 Å². The molecule has 0 saturated carbocycles. The summed E-state index contributed by atoms with van der Waals surface area (Å²) >= 11 is 0. The summed E-state index contributed by atoms with van der Waals surface area (Å²) < 4.78 is 0. The van der Waals surface area contributed by atoms with Gasteiger partial charge in [-0.15, -0.1) is 0 Å². The third-order valence-corrected chi connectivity index (χ3v) is 5.45. The summed E-state index contributed by atoms with van der Waals surface area (Å²) in [5.74, 6) is 0.0160. The van der Waals surface area contributed by atoms with Crippen LogP contribution in [0.1, 0.15) is 35.2 Å². The fourth-order valence-corrected chi connectivity index (χ4v) is 3.88. The van der Waals surface area contributed by atoms with E-state index in [0.717, 1.165) is 57.8 Å². The maximum atomic E-state index is 13.1. The third-order valence-electron chi connectivity index (χ3n) is 5.45. The number of nitrogens with one attached hydrogen (secondary N) is 1. The van der Waals surface area contributed by atoms with Gasteiger partial charge >= 0.3 is 0 Å². The van der Waals surface area contributed by atoms with Crippen LogP contribution in [-0.4, -0.2) is 85.4 Å². The highest BCUT2D eigenvalue weighted by Crippen LogP contribution is 2.11. The van der Waals surface area contributed by atoms with Gasteiger partial charge in [-0.3, -0.25) is 9.59 Å². The number of likely N-dealkylation sites (tertiary alicyclic amines) is 1. The van der Waals surface area contributed by atoms with Gasteiger partial charge in [0.15, 0.2) is 0 Å². The largest absolute Gasteiger partial charge is 0.339 e. The van der Waals surface area contributed by atoms with Crippen LogP contribution >= 0.6 is 0 Å². The molecule has 2 saturated heterocycles. The van der Waals surface area contributed by atoms with Crippen LogP contribution in [0, 0.1) is 6.92 Å². The first-order chi connectivity index (χ1) is 13.1. The summed E-state index contributed by atoms with van der Waals surface area (Å²) in [6.07, 6.45) is 3.45. The molecule has 0 spiro atoms. The normalized spacial score (nSPS) is 17.9. The van der Waals surface area contributed by atoms with E-state index in [9.17, 15) is 9.59 Å². The summed E-state index contributed by atoms with van der Waals surface area (Å²) in [6.45, 7) is 9.20. The zero-order chi connectivity index (χ0) is 19.1. The van der Waals surface area contributed by atoms with Gasteiger partial charge in [-0.1, -0.05) is 17.7 Å². The molecule has 1 N–H and O–H groups in total. The van der Waals surface area contributed by atoms with Gasteiger partial charge in [-0.05, 0) is 58.0 Å². The average Bonchev–Trinajstić information content (AvgIpc) is 3.21. The van der Waals surface area contributed by atoms with E-state index in [1.54, 1.807) is 4.90 Å². The molecule has 2 heterocycles. The number of amides is 2. The topological polar surface area (TPSA) is 55.9 Å². The van der Waals surface area contributed by atoms with Crippen molar-refractivity contribution < 1.29 is 9.59 Å². The fourth-order valence-electron chi connectivity index (χ4n) is 3.88. The van der Waals surface area contributed by atoms with Gasteiger partial charge in [0.2, 0.25) is 5.91 Å². The number of rotatable bonds is 7. The van der Waals surface area contributed by atoms with Crippen LogP contribution in [0.2, 0.25) is 0 Å². The molecule has 1 aromatic rings. The van der Waals surface area contributed by atoms with Crippen molar-refractivity contribution in [1.29, 1.82) is 0 Å². The lowest BCUT2D eigenvalue weighted by atomic mass is 10.1. The average molecular weight is 373 g/mol. The predicted molar refractivity (Wildman–Crippen MR) is 107 cm³/mol. The Balaban J connectivity index is 1.63. The summed E-state index contributed by atoms with van der Waals surface area (Å²) in [7, 11) is 0. The van der Waals surface area contributed by atoms with Crippen molar-refractivity contribution in [2.24, 2.45) is 0 Å². The number of benzene rings is 1. The maximum Gasteiger partial charge on any atom is 0.254 e.